The van der Waals surface area contributed by atoms with Gasteiger partial charge in [0, 0.05) is 0 Å². The molecule has 0 spiro atoms. The molecule has 0 aromatic carbocycles. The van der Waals surface area contributed by atoms with Crippen molar-refractivity contribution in [3.63, 3.8) is 0 Å². The molecule has 0 aliphatic heterocycles. The second kappa shape index (κ2) is 22.4. The maximum Gasteiger partial charge on any atom is 0.312 e. The fraction of sp³-hybridized carbons (Fsp3) is 0.886. The lowest BCUT2D eigenvalue weighted by atomic mass is 9.70. The molecule has 0 saturated heterocycles. The maximum absolute atomic E-state index is 13.0. The van der Waals surface area contributed by atoms with Gasteiger partial charge in [0.05, 0.1) is 24.5 Å². The highest BCUT2D eigenvalue weighted by molar-refractivity contribution is 5.85. The summed E-state index contributed by atoms with van der Waals surface area (Å²) in [6.45, 7) is 12.0. The molecule has 2 atom stereocenters. The normalized spacial score (nSPS) is 19.1. The number of unbranched alkanes of at least 4 members (excludes halogenated alkanes) is 14. The van der Waals surface area contributed by atoms with Gasteiger partial charge in [0.2, 0.25) is 0 Å². The van der Waals surface area contributed by atoms with Crippen LogP contribution in [0.15, 0.2) is 12.2 Å². The van der Waals surface area contributed by atoms with E-state index in [2.05, 4.69) is 27.7 Å². The van der Waals surface area contributed by atoms with Gasteiger partial charge in [-0.1, -0.05) is 143 Å². The van der Waals surface area contributed by atoms with Crippen molar-refractivity contribution in [2.45, 2.75) is 163 Å². The Hall–Kier alpha value is -1.32. The van der Waals surface area contributed by atoms with Gasteiger partial charge in [-0.2, -0.15) is 0 Å². The summed E-state index contributed by atoms with van der Waals surface area (Å²) in [6.07, 6.45) is 27.5. The van der Waals surface area contributed by atoms with Gasteiger partial charge < -0.3 is 9.47 Å². The summed E-state index contributed by atoms with van der Waals surface area (Å²) in [6, 6.07) is 0. The smallest absolute Gasteiger partial charge is 0.312 e. The van der Waals surface area contributed by atoms with E-state index in [9.17, 15) is 9.59 Å². The van der Waals surface area contributed by atoms with Crippen LogP contribution in [0.25, 0.3) is 0 Å². The number of rotatable bonds is 24. The third-order valence-corrected chi connectivity index (χ3v) is 8.43. The molecule has 0 N–H and O–H groups in total. The van der Waals surface area contributed by atoms with Crippen LogP contribution < -0.4 is 0 Å². The second-order valence-electron chi connectivity index (χ2n) is 13.2. The minimum atomic E-state index is -0.822. The van der Waals surface area contributed by atoms with E-state index in [4.69, 9.17) is 9.47 Å². The van der Waals surface area contributed by atoms with Crippen molar-refractivity contribution in [2.24, 2.45) is 23.2 Å². The van der Waals surface area contributed by atoms with Crippen LogP contribution in [0.2, 0.25) is 0 Å². The lowest BCUT2D eigenvalue weighted by Crippen LogP contribution is -2.43. The fourth-order valence-electron chi connectivity index (χ4n) is 5.58. The van der Waals surface area contributed by atoms with Crippen molar-refractivity contribution in [3.8, 4) is 0 Å². The summed E-state index contributed by atoms with van der Waals surface area (Å²) in [4.78, 5) is 25.9. The fourth-order valence-corrected chi connectivity index (χ4v) is 5.58. The van der Waals surface area contributed by atoms with E-state index in [0.717, 1.165) is 37.5 Å². The van der Waals surface area contributed by atoms with Crippen LogP contribution in [-0.2, 0) is 19.1 Å². The average Bonchev–Trinajstić information content (AvgIpc) is 2.89. The molecule has 0 fully saturated rings. The maximum atomic E-state index is 13.0. The highest BCUT2D eigenvalue weighted by atomic mass is 16.5. The number of allylic oxidation sites excluding steroid dienone is 2. The molecule has 228 valence electrons. The molecule has 1 aliphatic rings. The summed E-state index contributed by atoms with van der Waals surface area (Å²) < 4.78 is 11.3. The van der Waals surface area contributed by atoms with E-state index in [1.807, 2.05) is 19.1 Å². The summed E-state index contributed by atoms with van der Waals surface area (Å²) in [5.74, 6) is 0.708. The molecule has 0 bridgehead atoms. The zero-order valence-corrected chi connectivity index (χ0v) is 26.6. The van der Waals surface area contributed by atoms with E-state index in [0.29, 0.717) is 26.1 Å². The van der Waals surface area contributed by atoms with E-state index >= 15 is 0 Å². The minimum absolute atomic E-state index is 0.239. The van der Waals surface area contributed by atoms with Crippen molar-refractivity contribution in [1.29, 1.82) is 0 Å². The van der Waals surface area contributed by atoms with E-state index in [1.165, 1.54) is 89.9 Å². The molecule has 0 aromatic heterocycles. The minimum Gasteiger partial charge on any atom is -0.465 e. The number of carbonyl (C=O) groups is 2. The first-order chi connectivity index (χ1) is 18.8. The summed E-state index contributed by atoms with van der Waals surface area (Å²) in [5.41, 5.74) is -0.822. The van der Waals surface area contributed by atoms with Gasteiger partial charge in [0.15, 0.2) is 0 Å². The number of hydrogen-bond acceptors (Lipinski definition) is 4. The molecule has 0 saturated carbocycles. The molecule has 0 heterocycles. The Bertz CT molecular complexity index is 653. The Labute approximate surface area is 242 Å². The van der Waals surface area contributed by atoms with Gasteiger partial charge in [0.1, 0.15) is 0 Å². The monoisotopic (exact) mass is 548 g/mol. The highest BCUT2D eigenvalue weighted by Gasteiger charge is 2.47. The average molecular weight is 549 g/mol. The Balaban J connectivity index is 2.16. The predicted octanol–water partition coefficient (Wildman–Crippen LogP) is 10.4. The van der Waals surface area contributed by atoms with Crippen molar-refractivity contribution in [3.05, 3.63) is 12.2 Å². The molecule has 39 heavy (non-hydrogen) atoms. The Morgan fingerprint density at radius 1 is 0.641 bits per heavy atom. The second-order valence-corrected chi connectivity index (χ2v) is 13.2. The van der Waals surface area contributed by atoms with Crippen molar-refractivity contribution < 1.29 is 19.1 Å². The Kier molecular flexibility index (Phi) is 20.5. The molecule has 4 heteroatoms. The van der Waals surface area contributed by atoms with E-state index in [-0.39, 0.29) is 11.9 Å². The third-order valence-electron chi connectivity index (χ3n) is 8.43. The highest BCUT2D eigenvalue weighted by Crippen LogP contribution is 2.40. The van der Waals surface area contributed by atoms with Crippen molar-refractivity contribution in [2.75, 3.05) is 13.2 Å². The van der Waals surface area contributed by atoms with Gasteiger partial charge in [0.25, 0.3) is 0 Å². The van der Waals surface area contributed by atoms with Crippen LogP contribution in [0, 0.1) is 23.2 Å². The van der Waals surface area contributed by atoms with E-state index in [1.54, 1.807) is 0 Å². The SMILES string of the molecule is CC(C)CCCCCCCCCCOC(=O)C1CC=CCC1(C)C(=O)OCCCCCCCCCCC(C)C. The van der Waals surface area contributed by atoms with Gasteiger partial charge in [-0.15, -0.1) is 0 Å². The van der Waals surface area contributed by atoms with Gasteiger partial charge in [-0.05, 0) is 44.4 Å². The summed E-state index contributed by atoms with van der Waals surface area (Å²) in [5, 5.41) is 0. The topological polar surface area (TPSA) is 52.6 Å². The van der Waals surface area contributed by atoms with Crippen LogP contribution >= 0.6 is 0 Å². The Morgan fingerprint density at radius 2 is 1.05 bits per heavy atom. The van der Waals surface area contributed by atoms with Crippen LogP contribution in [0.5, 0.6) is 0 Å². The number of carbonyl (C=O) groups excluding carboxylic acids is 2. The molecular weight excluding hydrogens is 484 g/mol. The molecule has 1 rings (SSSR count). The third kappa shape index (κ3) is 17.2. The first-order valence-electron chi connectivity index (χ1n) is 16.8. The van der Waals surface area contributed by atoms with Crippen molar-refractivity contribution >= 4 is 11.9 Å². The quantitative estimate of drug-likeness (QED) is 0.0684. The number of hydrogen-bond donors (Lipinski definition) is 0. The zero-order valence-electron chi connectivity index (χ0n) is 26.6. The molecular formula is C35H64O4. The zero-order chi connectivity index (χ0) is 28.8. The number of esters is 2. The first kappa shape index (κ1) is 35.7. The van der Waals surface area contributed by atoms with Gasteiger partial charge in [-0.3, -0.25) is 9.59 Å². The molecule has 4 nitrogen and oxygen atoms in total. The molecule has 1 aliphatic carbocycles. The molecule has 2 unspecified atom stereocenters. The standard InChI is InChI=1S/C35H64O4/c1-30(2)24-18-14-10-6-8-12-16-22-28-38-33(36)32-26-20-21-27-35(32,5)34(37)39-29-23-17-13-9-7-11-15-19-25-31(3)4/h20-21,30-32H,6-19,22-29H2,1-5H3. The number of ether oxygens (including phenoxy) is 2. The lowest BCUT2D eigenvalue weighted by molar-refractivity contribution is -0.169. The van der Waals surface area contributed by atoms with Crippen molar-refractivity contribution in [1.82, 2.24) is 0 Å². The first-order valence-corrected chi connectivity index (χ1v) is 16.8. The largest absolute Gasteiger partial charge is 0.465 e. The van der Waals surface area contributed by atoms with Crippen LogP contribution in [0.4, 0.5) is 0 Å². The molecule has 0 radical (unpaired) electrons. The van der Waals surface area contributed by atoms with Crippen LogP contribution in [-0.4, -0.2) is 25.2 Å². The van der Waals surface area contributed by atoms with Gasteiger partial charge in [-0.25, -0.2) is 0 Å². The van der Waals surface area contributed by atoms with E-state index < -0.39 is 11.3 Å². The predicted molar refractivity (Wildman–Crippen MR) is 165 cm³/mol. The van der Waals surface area contributed by atoms with Crippen LogP contribution in [0.3, 0.4) is 0 Å². The lowest BCUT2D eigenvalue weighted by Gasteiger charge is -2.35. The van der Waals surface area contributed by atoms with Gasteiger partial charge >= 0.3 is 11.9 Å². The molecule has 0 amide bonds. The molecule has 0 aromatic rings. The summed E-state index contributed by atoms with van der Waals surface area (Å²) in [7, 11) is 0. The van der Waals surface area contributed by atoms with Crippen LogP contribution in [0.1, 0.15) is 163 Å². The Morgan fingerprint density at radius 3 is 1.51 bits per heavy atom. The summed E-state index contributed by atoms with van der Waals surface area (Å²) >= 11 is 0.